The highest BCUT2D eigenvalue weighted by Crippen LogP contribution is 2.21. The molecular formula is C33H44FN5O4. The number of hydrogen-bond donors (Lipinski definition) is 2. The van der Waals surface area contributed by atoms with Gasteiger partial charge in [-0.05, 0) is 54.7 Å². The Bertz CT molecular complexity index is 1250. The summed E-state index contributed by atoms with van der Waals surface area (Å²) in [5.41, 5.74) is 2.28. The summed E-state index contributed by atoms with van der Waals surface area (Å²) in [6.45, 7) is 10.1. The molecule has 9 nitrogen and oxygen atoms in total. The van der Waals surface area contributed by atoms with Crippen LogP contribution in [0.2, 0.25) is 0 Å². The lowest BCUT2D eigenvalue weighted by Crippen LogP contribution is -2.49. The number of anilines is 1. The molecule has 2 aromatic carbocycles. The Hall–Kier alpha value is -4.52. The normalized spacial score (nSPS) is 16.4. The van der Waals surface area contributed by atoms with E-state index in [0.29, 0.717) is 11.0 Å². The molecule has 2 aromatic rings. The molecule has 0 aromatic heterocycles. The number of likely N-dealkylation sites (N-methyl/N-ethyl adjacent to an activating group) is 1. The van der Waals surface area contributed by atoms with Gasteiger partial charge in [-0.25, -0.2) is 4.39 Å². The Morgan fingerprint density at radius 2 is 1.70 bits per heavy atom. The van der Waals surface area contributed by atoms with Crippen LogP contribution in [0.4, 0.5) is 10.1 Å². The van der Waals surface area contributed by atoms with Crippen LogP contribution in [0.3, 0.4) is 0 Å². The van der Waals surface area contributed by atoms with Crippen LogP contribution in [0.15, 0.2) is 60.7 Å². The second-order valence-corrected chi connectivity index (χ2v) is 11.7. The number of carbonyl (C=O) groups is 4. The quantitative estimate of drug-likeness (QED) is 0.343. The van der Waals surface area contributed by atoms with Crippen LogP contribution in [-0.2, 0) is 19.2 Å². The van der Waals surface area contributed by atoms with Gasteiger partial charge in [0.05, 0.1) is 12.6 Å². The van der Waals surface area contributed by atoms with Crippen molar-refractivity contribution in [3.8, 4) is 6.07 Å². The first kappa shape index (κ1) is 36.5. The van der Waals surface area contributed by atoms with Crippen LogP contribution in [0.25, 0.3) is 6.08 Å². The van der Waals surface area contributed by atoms with E-state index in [0.717, 1.165) is 12.0 Å². The smallest absolute Gasteiger partial charge is 0.245 e. The van der Waals surface area contributed by atoms with E-state index in [9.17, 15) is 23.6 Å². The van der Waals surface area contributed by atoms with Gasteiger partial charge in [0.1, 0.15) is 24.2 Å². The molecule has 0 radical (unpaired) electrons. The van der Waals surface area contributed by atoms with Gasteiger partial charge in [-0.1, -0.05) is 58.0 Å². The minimum Gasteiger partial charge on any atom is -0.388 e. The Balaban J connectivity index is 0.000000584. The number of benzene rings is 2. The lowest BCUT2D eigenvalue weighted by molar-refractivity contribution is -0.141. The SMILES string of the molecule is CC(C)(C)C.CC(NC(=O)/C=C/c1ccc(F)cc1)C(=O)N(C)CC(=O)N1CC(C=O)CC1C#N.CNc1ccccc1. The van der Waals surface area contributed by atoms with Crippen LogP contribution < -0.4 is 10.6 Å². The first-order valence-electron chi connectivity index (χ1n) is 14.0. The molecule has 43 heavy (non-hydrogen) atoms. The van der Waals surface area contributed by atoms with Crippen molar-refractivity contribution >= 4 is 35.8 Å². The fraction of sp³-hybridized carbons (Fsp3) is 0.424. The van der Waals surface area contributed by atoms with Crippen LogP contribution in [0.1, 0.15) is 46.6 Å². The van der Waals surface area contributed by atoms with Crippen molar-refractivity contribution in [2.24, 2.45) is 11.3 Å². The third-order valence-corrected chi connectivity index (χ3v) is 5.83. The van der Waals surface area contributed by atoms with E-state index >= 15 is 0 Å². The summed E-state index contributed by atoms with van der Waals surface area (Å²) in [6.07, 6.45) is 3.72. The van der Waals surface area contributed by atoms with E-state index in [4.69, 9.17) is 5.26 Å². The van der Waals surface area contributed by atoms with Gasteiger partial charge in [0.15, 0.2) is 0 Å². The molecule has 232 valence electrons. The van der Waals surface area contributed by atoms with E-state index in [1.165, 1.54) is 60.2 Å². The van der Waals surface area contributed by atoms with Gasteiger partial charge in [0, 0.05) is 38.3 Å². The molecule has 3 atom stereocenters. The Morgan fingerprint density at radius 1 is 1.12 bits per heavy atom. The molecular weight excluding hydrogens is 549 g/mol. The zero-order valence-electron chi connectivity index (χ0n) is 26.1. The first-order valence-corrected chi connectivity index (χ1v) is 14.0. The van der Waals surface area contributed by atoms with Crippen molar-refractivity contribution in [3.63, 3.8) is 0 Å². The van der Waals surface area contributed by atoms with E-state index in [1.54, 1.807) is 0 Å². The number of nitrogens with zero attached hydrogens (tertiary/aromatic N) is 3. The number of carbonyl (C=O) groups excluding carboxylic acids is 4. The molecule has 1 aliphatic rings. The molecule has 1 heterocycles. The summed E-state index contributed by atoms with van der Waals surface area (Å²) in [6, 6.07) is 16.0. The van der Waals surface area contributed by atoms with Crippen LogP contribution >= 0.6 is 0 Å². The Kier molecular flexibility index (Phi) is 15.4. The van der Waals surface area contributed by atoms with Crippen molar-refractivity contribution in [3.05, 3.63) is 72.1 Å². The first-order chi connectivity index (χ1) is 20.2. The number of nitrogens with one attached hydrogen (secondary N) is 2. The molecule has 10 heteroatoms. The minimum absolute atomic E-state index is 0.156. The molecule has 0 bridgehead atoms. The summed E-state index contributed by atoms with van der Waals surface area (Å²) in [4.78, 5) is 50.4. The predicted molar refractivity (Wildman–Crippen MR) is 167 cm³/mol. The average Bonchev–Trinajstić information content (AvgIpc) is 3.40. The number of likely N-dealkylation sites (tertiary alicyclic amines) is 1. The second kappa shape index (κ2) is 18.1. The van der Waals surface area contributed by atoms with Gasteiger partial charge >= 0.3 is 0 Å². The molecule has 1 fully saturated rings. The molecule has 0 saturated carbocycles. The van der Waals surface area contributed by atoms with E-state index in [2.05, 4.69) is 38.3 Å². The van der Waals surface area contributed by atoms with Crippen LogP contribution in [0, 0.1) is 28.5 Å². The summed E-state index contributed by atoms with van der Waals surface area (Å²) in [5.74, 6) is -2.20. The molecule has 2 N–H and O–H groups in total. The highest BCUT2D eigenvalue weighted by atomic mass is 19.1. The van der Waals surface area contributed by atoms with Gasteiger partial charge in [0.2, 0.25) is 17.7 Å². The third kappa shape index (κ3) is 14.8. The maximum Gasteiger partial charge on any atom is 0.245 e. The van der Waals surface area contributed by atoms with Crippen molar-refractivity contribution < 1.29 is 23.6 Å². The highest BCUT2D eigenvalue weighted by Gasteiger charge is 2.36. The van der Waals surface area contributed by atoms with E-state index in [-0.39, 0.29) is 31.2 Å². The zero-order valence-corrected chi connectivity index (χ0v) is 26.1. The maximum absolute atomic E-state index is 12.9. The summed E-state index contributed by atoms with van der Waals surface area (Å²) < 4.78 is 12.9. The topological polar surface area (TPSA) is 123 Å². The number of nitriles is 1. The highest BCUT2D eigenvalue weighted by molar-refractivity contribution is 5.96. The van der Waals surface area contributed by atoms with Gasteiger partial charge in [-0.2, -0.15) is 5.26 Å². The van der Waals surface area contributed by atoms with Crippen LogP contribution in [-0.4, -0.2) is 73.1 Å². The molecule has 0 spiro atoms. The third-order valence-electron chi connectivity index (χ3n) is 5.83. The maximum atomic E-state index is 12.9. The monoisotopic (exact) mass is 593 g/mol. The molecule has 1 saturated heterocycles. The van der Waals surface area contributed by atoms with Crippen molar-refractivity contribution in [2.75, 3.05) is 32.5 Å². The fourth-order valence-electron chi connectivity index (χ4n) is 3.74. The number of para-hydroxylation sites is 1. The van der Waals surface area contributed by atoms with Gasteiger partial charge in [-0.15, -0.1) is 0 Å². The standard InChI is InChI=1S/C21H23FN4O4.C7H9N.C5H12/c1-14(24-19(28)8-5-15-3-6-17(22)7-4-15)21(30)25(2)12-20(29)26-11-16(13-27)9-18(26)10-23;1-8-7-5-3-2-4-6-7;1-5(2,3)4/h3-8,13-14,16,18H,9,11-12H2,1-2H3,(H,24,28);2-6,8H,1H3;1-4H3/b8-5+;;. The molecule has 1 aliphatic heterocycles. The second-order valence-electron chi connectivity index (χ2n) is 11.7. The summed E-state index contributed by atoms with van der Waals surface area (Å²) in [5, 5.41) is 14.7. The van der Waals surface area contributed by atoms with Crippen molar-refractivity contribution in [1.29, 1.82) is 5.26 Å². The Labute approximate surface area is 254 Å². The lowest BCUT2D eigenvalue weighted by Gasteiger charge is -2.25. The molecule has 0 aliphatic carbocycles. The minimum atomic E-state index is -0.888. The largest absolute Gasteiger partial charge is 0.388 e. The van der Waals surface area contributed by atoms with Gasteiger partial charge in [-0.3, -0.25) is 14.4 Å². The number of hydrogen-bond acceptors (Lipinski definition) is 6. The number of rotatable bonds is 8. The van der Waals surface area contributed by atoms with E-state index in [1.807, 2.05) is 43.4 Å². The Morgan fingerprint density at radius 3 is 2.19 bits per heavy atom. The summed E-state index contributed by atoms with van der Waals surface area (Å²) in [7, 11) is 3.33. The number of amides is 3. The fourth-order valence-corrected chi connectivity index (χ4v) is 3.74. The van der Waals surface area contributed by atoms with Crippen molar-refractivity contribution in [2.45, 2.75) is 53.1 Å². The van der Waals surface area contributed by atoms with Crippen LogP contribution in [0.5, 0.6) is 0 Å². The number of aldehydes is 1. The number of halogens is 1. The predicted octanol–water partition coefficient (Wildman–Crippen LogP) is 4.52. The summed E-state index contributed by atoms with van der Waals surface area (Å²) >= 11 is 0. The van der Waals surface area contributed by atoms with E-state index < -0.39 is 29.8 Å². The van der Waals surface area contributed by atoms with Gasteiger partial charge < -0.3 is 25.2 Å². The molecule has 3 rings (SSSR count). The lowest BCUT2D eigenvalue weighted by atomic mass is 10.0. The zero-order chi connectivity index (χ0) is 32.6. The molecule has 3 amide bonds. The van der Waals surface area contributed by atoms with Crippen molar-refractivity contribution in [1.82, 2.24) is 15.1 Å². The molecule has 3 unspecified atom stereocenters. The van der Waals surface area contributed by atoms with Gasteiger partial charge in [0.25, 0.3) is 0 Å². The average molecular weight is 594 g/mol.